The fourth-order valence-corrected chi connectivity index (χ4v) is 4.00. The summed E-state index contributed by atoms with van der Waals surface area (Å²) in [4.78, 5) is 23.3. The molecule has 0 aromatic heterocycles. The van der Waals surface area contributed by atoms with Crippen LogP contribution in [0, 0.1) is 0 Å². The summed E-state index contributed by atoms with van der Waals surface area (Å²) in [5, 5.41) is -0.816. The van der Waals surface area contributed by atoms with Gasteiger partial charge in [-0.05, 0) is 36.8 Å². The molecule has 1 aliphatic heterocycles. The van der Waals surface area contributed by atoms with Crippen molar-refractivity contribution in [2.24, 2.45) is 0 Å². The Kier molecular flexibility index (Phi) is 2.53. The number of allylic oxidation sites excluding steroid dienone is 1. The van der Waals surface area contributed by atoms with E-state index < -0.39 is 22.6 Å². The Labute approximate surface area is 125 Å². The van der Waals surface area contributed by atoms with Gasteiger partial charge in [0.1, 0.15) is 0 Å². The molecule has 3 amide bonds. The molecule has 0 bridgehead atoms. The van der Waals surface area contributed by atoms with Crippen LogP contribution in [0.2, 0.25) is 0 Å². The second-order valence-corrected chi connectivity index (χ2v) is 6.26. The molecule has 1 saturated carbocycles. The Balaban J connectivity index is 1.66. The first-order valence-electron chi connectivity index (χ1n) is 7.29. The smallest absolute Gasteiger partial charge is 0.269 e. The van der Waals surface area contributed by atoms with E-state index in [1.54, 1.807) is 0 Å². The summed E-state index contributed by atoms with van der Waals surface area (Å²) in [5.41, 5.74) is 0.374. The lowest BCUT2D eigenvalue weighted by Gasteiger charge is -2.41. The van der Waals surface area contributed by atoms with Crippen molar-refractivity contribution in [3.63, 3.8) is 0 Å². The van der Waals surface area contributed by atoms with Gasteiger partial charge >= 0.3 is 6.03 Å². The third-order valence-corrected chi connectivity index (χ3v) is 5.34. The lowest BCUT2D eigenvalue weighted by atomic mass is 9.65. The first-order valence-corrected chi connectivity index (χ1v) is 7.29. The third-order valence-electron chi connectivity index (χ3n) is 5.34. The molecule has 0 atom stereocenters. The first kappa shape index (κ1) is 13.4. The van der Waals surface area contributed by atoms with E-state index >= 15 is 0 Å². The molecule has 2 fully saturated rings. The van der Waals surface area contributed by atoms with Crippen molar-refractivity contribution in [1.82, 2.24) is 10.2 Å². The summed E-state index contributed by atoms with van der Waals surface area (Å²) in [5.74, 6) is -1.08. The van der Waals surface area contributed by atoms with Crippen LogP contribution >= 0.6 is 0 Å². The maximum Gasteiger partial charge on any atom is 0.384 e. The Morgan fingerprint density at radius 3 is 2.32 bits per heavy atom. The van der Waals surface area contributed by atoms with E-state index in [0.29, 0.717) is 12.8 Å². The quantitative estimate of drug-likeness (QED) is 0.545. The molecule has 4 nitrogen and oxygen atoms in total. The lowest BCUT2D eigenvalue weighted by molar-refractivity contribution is -0.148. The second-order valence-electron chi connectivity index (χ2n) is 6.26. The number of halogens is 2. The van der Waals surface area contributed by atoms with Crippen LogP contribution in [0.25, 0.3) is 6.08 Å². The summed E-state index contributed by atoms with van der Waals surface area (Å²) in [7, 11) is 0. The lowest BCUT2D eigenvalue weighted by Crippen LogP contribution is -2.51. The molecule has 114 valence electrons. The monoisotopic (exact) mass is 304 g/mol. The van der Waals surface area contributed by atoms with Crippen molar-refractivity contribution in [1.29, 1.82) is 0 Å². The number of amides is 3. The van der Waals surface area contributed by atoms with E-state index in [2.05, 4.69) is 6.08 Å². The number of urea groups is 1. The van der Waals surface area contributed by atoms with E-state index in [4.69, 9.17) is 0 Å². The Hall–Kier alpha value is -2.24. The maximum absolute atomic E-state index is 14.1. The summed E-state index contributed by atoms with van der Waals surface area (Å²) >= 11 is 0. The molecule has 3 aliphatic rings. The number of hydrogen-bond donors (Lipinski definition) is 0. The maximum atomic E-state index is 14.1. The Morgan fingerprint density at radius 2 is 1.68 bits per heavy atom. The normalized spacial score (nSPS) is 33.4. The molecule has 2 aliphatic carbocycles. The first-order chi connectivity index (χ1) is 10.5. The second kappa shape index (κ2) is 4.15. The molecule has 0 N–H and O–H groups in total. The number of benzene rings is 1. The minimum Gasteiger partial charge on any atom is -0.269 e. The van der Waals surface area contributed by atoms with Crippen LogP contribution in [0.15, 0.2) is 30.3 Å². The van der Waals surface area contributed by atoms with Gasteiger partial charge in [0.2, 0.25) is 0 Å². The molecule has 22 heavy (non-hydrogen) atoms. The molecule has 0 radical (unpaired) electrons. The van der Waals surface area contributed by atoms with Gasteiger partial charge in [-0.3, -0.25) is 4.79 Å². The summed E-state index contributed by atoms with van der Waals surface area (Å²) < 4.78 is 27.5. The number of fused-ring (bicyclic) bond motifs is 2. The van der Waals surface area contributed by atoms with Crippen LogP contribution in [0.1, 0.15) is 36.8 Å². The largest absolute Gasteiger partial charge is 0.384 e. The van der Waals surface area contributed by atoms with E-state index in [0.717, 1.165) is 11.1 Å². The molecule has 1 heterocycles. The predicted molar refractivity (Wildman–Crippen MR) is 74.7 cm³/mol. The highest BCUT2D eigenvalue weighted by atomic mass is 19.2. The topological polar surface area (TPSA) is 40.6 Å². The highest BCUT2D eigenvalue weighted by Crippen LogP contribution is 2.52. The van der Waals surface area contributed by atoms with Gasteiger partial charge in [0.25, 0.3) is 5.91 Å². The van der Waals surface area contributed by atoms with Gasteiger partial charge in [0, 0.05) is 5.41 Å². The summed E-state index contributed by atoms with van der Waals surface area (Å²) in [6, 6.07) is 6.44. The highest BCUT2D eigenvalue weighted by molar-refractivity contribution is 6.05. The van der Waals surface area contributed by atoms with Gasteiger partial charge in [0.15, 0.2) is 5.54 Å². The molecular formula is C16H14F2N2O2. The molecule has 6 heteroatoms. The average molecular weight is 304 g/mol. The average Bonchev–Trinajstić information content (AvgIpc) is 2.98. The Bertz CT molecular complexity index is 708. The SMILES string of the molecule is O=C1N(F)C(=O)C2(CCC3(C=Cc4ccccc43)CC2)N1F. The molecule has 0 unspecified atom stereocenters. The van der Waals surface area contributed by atoms with E-state index in [1.165, 1.54) is 0 Å². The minimum atomic E-state index is -1.66. The number of carbonyl (C=O) groups excluding carboxylic acids is 2. The highest BCUT2D eigenvalue weighted by Gasteiger charge is 2.62. The minimum absolute atomic E-state index is 0.118. The van der Waals surface area contributed by atoms with Crippen LogP contribution < -0.4 is 0 Å². The molecule has 2 spiro atoms. The van der Waals surface area contributed by atoms with Gasteiger partial charge in [0.05, 0.1) is 0 Å². The fraction of sp³-hybridized carbons (Fsp3) is 0.375. The van der Waals surface area contributed by atoms with Crippen molar-refractivity contribution in [2.45, 2.75) is 36.6 Å². The van der Waals surface area contributed by atoms with Gasteiger partial charge in [-0.2, -0.15) is 0 Å². The number of carbonyl (C=O) groups is 2. The number of imide groups is 1. The number of rotatable bonds is 0. The van der Waals surface area contributed by atoms with Gasteiger partial charge in [-0.15, -0.1) is 5.12 Å². The predicted octanol–water partition coefficient (Wildman–Crippen LogP) is 3.30. The van der Waals surface area contributed by atoms with E-state index in [9.17, 15) is 18.6 Å². The fourth-order valence-electron chi connectivity index (χ4n) is 4.00. The van der Waals surface area contributed by atoms with Crippen molar-refractivity contribution in [3.05, 3.63) is 41.5 Å². The number of nitrogens with zero attached hydrogens (tertiary/aromatic N) is 2. The van der Waals surface area contributed by atoms with Crippen molar-refractivity contribution in [2.75, 3.05) is 0 Å². The van der Waals surface area contributed by atoms with Crippen molar-refractivity contribution < 1.29 is 18.6 Å². The molecular weight excluding hydrogens is 290 g/mol. The van der Waals surface area contributed by atoms with Crippen LogP contribution in [-0.4, -0.2) is 27.7 Å². The van der Waals surface area contributed by atoms with Gasteiger partial charge in [-0.25, -0.2) is 4.79 Å². The zero-order valence-electron chi connectivity index (χ0n) is 11.8. The van der Waals surface area contributed by atoms with E-state index in [-0.39, 0.29) is 23.4 Å². The zero-order valence-corrected chi connectivity index (χ0v) is 11.8. The van der Waals surface area contributed by atoms with Crippen LogP contribution in [0.4, 0.5) is 13.8 Å². The van der Waals surface area contributed by atoms with Crippen LogP contribution in [0.3, 0.4) is 0 Å². The standard InChI is InChI=1S/C16H14F2N2O2/c17-19-13(21)16(20(18)14(19)22)9-7-15(8-10-16)6-5-11-3-1-2-4-12(11)15/h1-6H,7-10H2. The van der Waals surface area contributed by atoms with E-state index in [1.807, 2.05) is 30.3 Å². The zero-order chi connectivity index (χ0) is 15.5. The summed E-state index contributed by atoms with van der Waals surface area (Å²) in [6.07, 6.45) is 5.37. The molecule has 1 aromatic carbocycles. The number of hydrogen-bond acceptors (Lipinski definition) is 2. The van der Waals surface area contributed by atoms with Gasteiger partial charge in [-0.1, -0.05) is 50.5 Å². The van der Waals surface area contributed by atoms with Crippen molar-refractivity contribution in [3.8, 4) is 0 Å². The molecule has 1 saturated heterocycles. The molecule has 1 aromatic rings. The molecule has 4 rings (SSSR count). The van der Waals surface area contributed by atoms with Gasteiger partial charge < -0.3 is 0 Å². The third kappa shape index (κ3) is 1.44. The Morgan fingerprint density at radius 1 is 1.00 bits per heavy atom. The summed E-state index contributed by atoms with van der Waals surface area (Å²) in [6.45, 7) is 0. The van der Waals surface area contributed by atoms with Crippen LogP contribution in [-0.2, 0) is 10.2 Å². The van der Waals surface area contributed by atoms with Crippen LogP contribution in [0.5, 0.6) is 0 Å². The van der Waals surface area contributed by atoms with Crippen molar-refractivity contribution >= 4 is 18.0 Å².